The highest BCUT2D eigenvalue weighted by atomic mass is 16.5. The van der Waals surface area contributed by atoms with Crippen molar-refractivity contribution in [2.24, 2.45) is 5.92 Å². The van der Waals surface area contributed by atoms with Crippen molar-refractivity contribution >= 4 is 0 Å². The summed E-state index contributed by atoms with van der Waals surface area (Å²) in [6.45, 7) is 3.25. The lowest BCUT2D eigenvalue weighted by molar-refractivity contribution is 0.414. The van der Waals surface area contributed by atoms with Crippen LogP contribution in [0.5, 0.6) is 5.75 Å². The monoisotopic (exact) mass is 233 g/mol. The lowest BCUT2D eigenvalue weighted by Gasteiger charge is -2.17. The zero-order valence-electron chi connectivity index (χ0n) is 10.9. The van der Waals surface area contributed by atoms with Crippen LogP contribution < -0.4 is 10.1 Å². The molecule has 1 fully saturated rings. The van der Waals surface area contributed by atoms with E-state index >= 15 is 0 Å². The number of hydrogen-bond acceptors (Lipinski definition) is 2. The molecule has 0 bridgehead atoms. The Hall–Kier alpha value is -1.02. The van der Waals surface area contributed by atoms with Crippen LogP contribution in [0.15, 0.2) is 24.3 Å². The van der Waals surface area contributed by atoms with Crippen molar-refractivity contribution in [2.75, 3.05) is 13.7 Å². The lowest BCUT2D eigenvalue weighted by Crippen LogP contribution is -2.31. The Morgan fingerprint density at radius 3 is 2.53 bits per heavy atom. The Morgan fingerprint density at radius 1 is 1.29 bits per heavy atom. The third kappa shape index (κ3) is 4.04. The Bertz CT molecular complexity index is 329. The van der Waals surface area contributed by atoms with Gasteiger partial charge in [-0.05, 0) is 43.0 Å². The van der Waals surface area contributed by atoms with Crippen LogP contribution in [0.1, 0.15) is 31.7 Å². The summed E-state index contributed by atoms with van der Waals surface area (Å²) < 4.78 is 5.18. The quantitative estimate of drug-likeness (QED) is 0.781. The maximum Gasteiger partial charge on any atom is 0.118 e. The molecular weight excluding hydrogens is 210 g/mol. The average molecular weight is 233 g/mol. The van der Waals surface area contributed by atoms with Gasteiger partial charge in [-0.15, -0.1) is 0 Å². The SMILES string of the molecule is CCNC(Cc1ccc(OC)cc1)CC1CC1. The second-order valence-electron chi connectivity index (χ2n) is 4.99. The summed E-state index contributed by atoms with van der Waals surface area (Å²) in [6.07, 6.45) is 5.34. The maximum absolute atomic E-state index is 5.18. The number of likely N-dealkylation sites (N-methyl/N-ethyl adjacent to an activating group) is 1. The molecule has 1 N–H and O–H groups in total. The minimum atomic E-state index is 0.640. The van der Waals surface area contributed by atoms with Gasteiger partial charge in [-0.3, -0.25) is 0 Å². The normalized spacial score (nSPS) is 16.8. The maximum atomic E-state index is 5.18. The van der Waals surface area contributed by atoms with Gasteiger partial charge in [-0.2, -0.15) is 0 Å². The van der Waals surface area contributed by atoms with Crippen LogP contribution in [0.2, 0.25) is 0 Å². The van der Waals surface area contributed by atoms with E-state index in [0.29, 0.717) is 6.04 Å². The van der Waals surface area contributed by atoms with Crippen molar-refractivity contribution in [1.82, 2.24) is 5.32 Å². The highest BCUT2D eigenvalue weighted by Crippen LogP contribution is 2.34. The number of ether oxygens (including phenoxy) is 1. The van der Waals surface area contributed by atoms with Gasteiger partial charge in [0.15, 0.2) is 0 Å². The summed E-state index contributed by atoms with van der Waals surface area (Å²) in [5.74, 6) is 1.92. The summed E-state index contributed by atoms with van der Waals surface area (Å²) in [6, 6.07) is 9.10. The first kappa shape index (κ1) is 12.4. The molecule has 1 aliphatic rings. The number of methoxy groups -OCH3 is 1. The molecule has 17 heavy (non-hydrogen) atoms. The van der Waals surface area contributed by atoms with Crippen LogP contribution in [0.25, 0.3) is 0 Å². The third-order valence-corrected chi connectivity index (χ3v) is 3.45. The van der Waals surface area contributed by atoms with Crippen molar-refractivity contribution < 1.29 is 4.74 Å². The fraction of sp³-hybridized carbons (Fsp3) is 0.600. The van der Waals surface area contributed by atoms with E-state index in [1.54, 1.807) is 7.11 Å². The van der Waals surface area contributed by atoms with Crippen molar-refractivity contribution in [3.8, 4) is 5.75 Å². The summed E-state index contributed by atoms with van der Waals surface area (Å²) in [5.41, 5.74) is 1.40. The first-order chi connectivity index (χ1) is 8.31. The third-order valence-electron chi connectivity index (χ3n) is 3.45. The molecule has 0 aliphatic heterocycles. The molecule has 0 heterocycles. The average Bonchev–Trinajstić information content (AvgIpc) is 3.14. The molecule has 0 radical (unpaired) electrons. The lowest BCUT2D eigenvalue weighted by atomic mass is 10.0. The first-order valence-corrected chi connectivity index (χ1v) is 6.68. The fourth-order valence-electron chi connectivity index (χ4n) is 2.33. The van der Waals surface area contributed by atoms with Gasteiger partial charge in [0.05, 0.1) is 7.11 Å². The van der Waals surface area contributed by atoms with Gasteiger partial charge >= 0.3 is 0 Å². The molecule has 2 nitrogen and oxygen atoms in total. The van der Waals surface area contributed by atoms with Crippen molar-refractivity contribution in [3.05, 3.63) is 29.8 Å². The molecule has 1 unspecified atom stereocenters. The van der Waals surface area contributed by atoms with Gasteiger partial charge in [0.1, 0.15) is 5.75 Å². The van der Waals surface area contributed by atoms with Crippen molar-refractivity contribution in [2.45, 2.75) is 38.6 Å². The Balaban J connectivity index is 1.90. The van der Waals surface area contributed by atoms with E-state index in [1.165, 1.54) is 24.8 Å². The van der Waals surface area contributed by atoms with Crippen molar-refractivity contribution in [1.29, 1.82) is 0 Å². The van der Waals surface area contributed by atoms with Crippen LogP contribution in [-0.2, 0) is 6.42 Å². The number of rotatable bonds is 7. The van der Waals surface area contributed by atoms with E-state index < -0.39 is 0 Å². The molecule has 0 saturated heterocycles. The first-order valence-electron chi connectivity index (χ1n) is 6.68. The van der Waals surface area contributed by atoms with Crippen LogP contribution >= 0.6 is 0 Å². The van der Waals surface area contributed by atoms with Gasteiger partial charge in [0.25, 0.3) is 0 Å². The van der Waals surface area contributed by atoms with E-state index in [-0.39, 0.29) is 0 Å². The van der Waals surface area contributed by atoms with Gasteiger partial charge in [-0.1, -0.05) is 31.9 Å². The molecule has 0 spiro atoms. The summed E-state index contributed by atoms with van der Waals surface area (Å²) in [4.78, 5) is 0. The fourth-order valence-corrected chi connectivity index (χ4v) is 2.33. The molecule has 1 aromatic rings. The molecule has 94 valence electrons. The molecule has 0 amide bonds. The summed E-state index contributed by atoms with van der Waals surface area (Å²) in [5, 5.41) is 3.60. The molecule has 1 atom stereocenters. The smallest absolute Gasteiger partial charge is 0.118 e. The topological polar surface area (TPSA) is 21.3 Å². The van der Waals surface area contributed by atoms with E-state index in [0.717, 1.165) is 24.6 Å². The predicted molar refractivity (Wildman–Crippen MR) is 71.5 cm³/mol. The standard InChI is InChI=1S/C15H23NO/c1-3-16-14(10-12-4-5-12)11-13-6-8-15(17-2)9-7-13/h6-9,12,14,16H,3-5,10-11H2,1-2H3. The zero-order chi connectivity index (χ0) is 12.1. The van der Waals surface area contributed by atoms with Crippen LogP contribution in [0.3, 0.4) is 0 Å². The van der Waals surface area contributed by atoms with E-state index in [2.05, 4.69) is 36.5 Å². The molecule has 2 rings (SSSR count). The molecule has 1 aliphatic carbocycles. The molecule has 1 aromatic carbocycles. The molecular formula is C15H23NO. The van der Waals surface area contributed by atoms with E-state index in [1.807, 2.05) is 0 Å². The predicted octanol–water partition coefficient (Wildman–Crippen LogP) is 3.02. The highest BCUT2D eigenvalue weighted by molar-refractivity contribution is 5.27. The van der Waals surface area contributed by atoms with E-state index in [4.69, 9.17) is 4.74 Å². The second-order valence-corrected chi connectivity index (χ2v) is 4.99. The van der Waals surface area contributed by atoms with Crippen LogP contribution in [-0.4, -0.2) is 19.7 Å². The number of nitrogens with one attached hydrogen (secondary N) is 1. The molecule has 0 aromatic heterocycles. The van der Waals surface area contributed by atoms with E-state index in [9.17, 15) is 0 Å². The zero-order valence-corrected chi connectivity index (χ0v) is 10.9. The number of benzene rings is 1. The number of hydrogen-bond donors (Lipinski definition) is 1. The molecule has 1 saturated carbocycles. The summed E-state index contributed by atoms with van der Waals surface area (Å²) >= 11 is 0. The minimum Gasteiger partial charge on any atom is -0.497 e. The van der Waals surface area contributed by atoms with Gasteiger partial charge < -0.3 is 10.1 Å². The van der Waals surface area contributed by atoms with Crippen LogP contribution in [0.4, 0.5) is 0 Å². The summed E-state index contributed by atoms with van der Waals surface area (Å²) in [7, 11) is 1.71. The Morgan fingerprint density at radius 2 is 2.00 bits per heavy atom. The van der Waals surface area contributed by atoms with Gasteiger partial charge in [0.2, 0.25) is 0 Å². The molecule has 2 heteroatoms. The van der Waals surface area contributed by atoms with Crippen LogP contribution in [0, 0.1) is 5.92 Å². The highest BCUT2D eigenvalue weighted by Gasteiger charge is 2.25. The largest absolute Gasteiger partial charge is 0.497 e. The van der Waals surface area contributed by atoms with Gasteiger partial charge in [0, 0.05) is 6.04 Å². The van der Waals surface area contributed by atoms with Gasteiger partial charge in [-0.25, -0.2) is 0 Å². The Labute approximate surface area is 104 Å². The second kappa shape index (κ2) is 6.06. The Kier molecular flexibility index (Phi) is 4.43. The van der Waals surface area contributed by atoms with Crippen molar-refractivity contribution in [3.63, 3.8) is 0 Å². The minimum absolute atomic E-state index is 0.640.